The van der Waals surface area contributed by atoms with Crippen LogP contribution < -0.4 is 5.32 Å². The Kier molecular flexibility index (Phi) is 8.09. The molecule has 0 spiro atoms. The molecule has 1 rings (SSSR count). The molecule has 1 aromatic carbocycles. The Labute approximate surface area is 120 Å². The van der Waals surface area contributed by atoms with E-state index in [-0.39, 0.29) is 5.91 Å². The molecule has 0 saturated heterocycles. The summed E-state index contributed by atoms with van der Waals surface area (Å²) in [5, 5.41) is 11.6. The SMILES string of the molecule is CCCCOCCCNC(=O)Cc1ccc(C#N)cc1. The summed E-state index contributed by atoms with van der Waals surface area (Å²) in [6.45, 7) is 4.26. The zero-order valence-corrected chi connectivity index (χ0v) is 12.0. The lowest BCUT2D eigenvalue weighted by molar-refractivity contribution is -0.120. The Morgan fingerprint density at radius 1 is 1.25 bits per heavy atom. The van der Waals surface area contributed by atoms with Gasteiger partial charge in [0.25, 0.3) is 0 Å². The third kappa shape index (κ3) is 6.91. The van der Waals surface area contributed by atoms with Crippen molar-refractivity contribution in [3.05, 3.63) is 35.4 Å². The number of amides is 1. The van der Waals surface area contributed by atoms with E-state index in [0.29, 0.717) is 25.1 Å². The normalized spacial score (nSPS) is 10.0. The van der Waals surface area contributed by atoms with Gasteiger partial charge in [0.05, 0.1) is 18.1 Å². The van der Waals surface area contributed by atoms with Crippen molar-refractivity contribution >= 4 is 5.91 Å². The second-order valence-corrected chi connectivity index (χ2v) is 4.65. The summed E-state index contributed by atoms with van der Waals surface area (Å²) in [4.78, 5) is 11.7. The first-order valence-electron chi connectivity index (χ1n) is 7.09. The average molecular weight is 274 g/mol. The number of nitrogens with one attached hydrogen (secondary N) is 1. The molecule has 0 radical (unpaired) electrons. The number of hydrogen-bond donors (Lipinski definition) is 1. The van der Waals surface area contributed by atoms with Gasteiger partial charge in [0.2, 0.25) is 5.91 Å². The van der Waals surface area contributed by atoms with Gasteiger partial charge >= 0.3 is 0 Å². The van der Waals surface area contributed by atoms with Gasteiger partial charge in [0.1, 0.15) is 0 Å². The molecule has 0 aliphatic heterocycles. The van der Waals surface area contributed by atoms with E-state index < -0.39 is 0 Å². The lowest BCUT2D eigenvalue weighted by atomic mass is 10.1. The van der Waals surface area contributed by atoms with Crippen LogP contribution in [0.3, 0.4) is 0 Å². The number of hydrogen-bond acceptors (Lipinski definition) is 3. The van der Waals surface area contributed by atoms with Crippen LogP contribution in [0.15, 0.2) is 24.3 Å². The first kappa shape index (κ1) is 16.2. The minimum absolute atomic E-state index is 0.00302. The molecule has 0 heterocycles. The van der Waals surface area contributed by atoms with Crippen molar-refractivity contribution < 1.29 is 9.53 Å². The van der Waals surface area contributed by atoms with Gasteiger partial charge < -0.3 is 10.1 Å². The molecule has 4 nitrogen and oxygen atoms in total. The minimum atomic E-state index is 0.00302. The van der Waals surface area contributed by atoms with Gasteiger partial charge in [-0.15, -0.1) is 0 Å². The van der Waals surface area contributed by atoms with Crippen LogP contribution in [0, 0.1) is 11.3 Å². The summed E-state index contributed by atoms with van der Waals surface area (Å²) in [5.74, 6) is 0.00302. The maximum atomic E-state index is 11.7. The van der Waals surface area contributed by atoms with Crippen molar-refractivity contribution in [3.8, 4) is 6.07 Å². The van der Waals surface area contributed by atoms with Gasteiger partial charge in [0.15, 0.2) is 0 Å². The van der Waals surface area contributed by atoms with Crippen molar-refractivity contribution in [2.24, 2.45) is 0 Å². The number of unbranched alkanes of at least 4 members (excludes halogenated alkanes) is 1. The molecule has 0 unspecified atom stereocenters. The molecular weight excluding hydrogens is 252 g/mol. The van der Waals surface area contributed by atoms with E-state index in [4.69, 9.17) is 10.00 Å². The Morgan fingerprint density at radius 2 is 1.95 bits per heavy atom. The van der Waals surface area contributed by atoms with Gasteiger partial charge in [-0.05, 0) is 30.5 Å². The number of benzene rings is 1. The highest BCUT2D eigenvalue weighted by molar-refractivity contribution is 5.78. The molecule has 0 saturated carbocycles. The summed E-state index contributed by atoms with van der Waals surface area (Å²) in [6, 6.07) is 9.13. The molecule has 0 atom stereocenters. The second kappa shape index (κ2) is 9.99. The van der Waals surface area contributed by atoms with Crippen LogP contribution in [0.1, 0.15) is 37.3 Å². The van der Waals surface area contributed by atoms with Crippen LogP contribution in [0.2, 0.25) is 0 Å². The quantitative estimate of drug-likeness (QED) is 0.703. The van der Waals surface area contributed by atoms with Crippen LogP contribution in [-0.2, 0) is 16.0 Å². The summed E-state index contributed by atoms with van der Waals surface area (Å²) in [5.41, 5.74) is 1.53. The second-order valence-electron chi connectivity index (χ2n) is 4.65. The Morgan fingerprint density at radius 3 is 2.60 bits per heavy atom. The smallest absolute Gasteiger partial charge is 0.224 e. The summed E-state index contributed by atoms with van der Waals surface area (Å²) < 4.78 is 5.42. The fourth-order valence-corrected chi connectivity index (χ4v) is 1.70. The Balaban J connectivity index is 2.12. The molecule has 0 aliphatic carbocycles. The number of ether oxygens (including phenoxy) is 1. The third-order valence-electron chi connectivity index (χ3n) is 2.88. The number of rotatable bonds is 9. The standard InChI is InChI=1S/C16H22N2O2/c1-2-3-10-20-11-4-9-18-16(19)12-14-5-7-15(13-17)8-6-14/h5-8H,2-4,9-12H2,1H3,(H,18,19). The van der Waals surface area contributed by atoms with E-state index in [9.17, 15) is 4.79 Å². The zero-order chi connectivity index (χ0) is 14.6. The van der Waals surface area contributed by atoms with Crippen molar-refractivity contribution in [1.82, 2.24) is 5.32 Å². The number of nitrogens with zero attached hydrogens (tertiary/aromatic N) is 1. The van der Waals surface area contributed by atoms with Crippen molar-refractivity contribution in [2.75, 3.05) is 19.8 Å². The molecule has 1 N–H and O–H groups in total. The highest BCUT2D eigenvalue weighted by Crippen LogP contribution is 2.03. The van der Waals surface area contributed by atoms with Gasteiger partial charge in [-0.1, -0.05) is 25.5 Å². The molecular formula is C16H22N2O2. The highest BCUT2D eigenvalue weighted by atomic mass is 16.5. The zero-order valence-electron chi connectivity index (χ0n) is 12.0. The topological polar surface area (TPSA) is 62.1 Å². The predicted octanol–water partition coefficient (Wildman–Crippen LogP) is 2.42. The van der Waals surface area contributed by atoms with Crippen molar-refractivity contribution in [1.29, 1.82) is 5.26 Å². The fraction of sp³-hybridized carbons (Fsp3) is 0.500. The Hall–Kier alpha value is -1.86. The predicted molar refractivity (Wildman–Crippen MR) is 78.2 cm³/mol. The van der Waals surface area contributed by atoms with Crippen LogP contribution in [0.25, 0.3) is 0 Å². The van der Waals surface area contributed by atoms with E-state index in [1.807, 2.05) is 12.1 Å². The van der Waals surface area contributed by atoms with E-state index in [1.54, 1.807) is 12.1 Å². The van der Waals surface area contributed by atoms with Gasteiger partial charge in [-0.3, -0.25) is 4.79 Å². The first-order valence-corrected chi connectivity index (χ1v) is 7.09. The van der Waals surface area contributed by atoms with Gasteiger partial charge in [-0.2, -0.15) is 5.26 Å². The molecule has 1 aromatic rings. The average Bonchev–Trinajstić information content (AvgIpc) is 2.47. The number of carbonyl (C=O) groups is 1. The molecule has 0 fully saturated rings. The molecule has 1 amide bonds. The monoisotopic (exact) mass is 274 g/mol. The van der Waals surface area contributed by atoms with E-state index in [1.165, 1.54) is 0 Å². The molecule has 0 aliphatic rings. The summed E-state index contributed by atoms with van der Waals surface area (Å²) in [7, 11) is 0. The van der Waals surface area contributed by atoms with Crippen LogP contribution in [0.4, 0.5) is 0 Å². The summed E-state index contributed by atoms with van der Waals surface area (Å²) >= 11 is 0. The van der Waals surface area contributed by atoms with Crippen LogP contribution in [0.5, 0.6) is 0 Å². The molecule has 0 bridgehead atoms. The maximum absolute atomic E-state index is 11.7. The lowest BCUT2D eigenvalue weighted by Gasteiger charge is -2.06. The number of carbonyl (C=O) groups excluding carboxylic acids is 1. The summed E-state index contributed by atoms with van der Waals surface area (Å²) in [6.07, 6.45) is 3.41. The number of nitriles is 1. The van der Waals surface area contributed by atoms with E-state index in [2.05, 4.69) is 18.3 Å². The van der Waals surface area contributed by atoms with Gasteiger partial charge in [-0.25, -0.2) is 0 Å². The van der Waals surface area contributed by atoms with E-state index >= 15 is 0 Å². The fourth-order valence-electron chi connectivity index (χ4n) is 1.70. The van der Waals surface area contributed by atoms with Crippen LogP contribution >= 0.6 is 0 Å². The van der Waals surface area contributed by atoms with Crippen molar-refractivity contribution in [3.63, 3.8) is 0 Å². The first-order chi connectivity index (χ1) is 9.76. The van der Waals surface area contributed by atoms with Crippen LogP contribution in [-0.4, -0.2) is 25.7 Å². The third-order valence-corrected chi connectivity index (χ3v) is 2.88. The van der Waals surface area contributed by atoms with E-state index in [0.717, 1.165) is 31.4 Å². The van der Waals surface area contributed by atoms with Gasteiger partial charge in [0, 0.05) is 19.8 Å². The van der Waals surface area contributed by atoms with Crippen molar-refractivity contribution in [2.45, 2.75) is 32.6 Å². The molecule has 0 aromatic heterocycles. The molecule has 4 heteroatoms. The minimum Gasteiger partial charge on any atom is -0.381 e. The highest BCUT2D eigenvalue weighted by Gasteiger charge is 2.02. The largest absolute Gasteiger partial charge is 0.381 e. The molecule has 108 valence electrons. The Bertz CT molecular complexity index is 435. The lowest BCUT2D eigenvalue weighted by Crippen LogP contribution is -2.26. The maximum Gasteiger partial charge on any atom is 0.224 e. The molecule has 20 heavy (non-hydrogen) atoms.